The maximum absolute atomic E-state index is 13.0. The minimum Gasteiger partial charge on any atom is -0.444 e. The van der Waals surface area contributed by atoms with Crippen molar-refractivity contribution < 1.29 is 14.3 Å². The molecule has 0 aliphatic carbocycles. The van der Waals surface area contributed by atoms with Crippen LogP contribution in [0.3, 0.4) is 0 Å². The molecule has 7 heteroatoms. The van der Waals surface area contributed by atoms with Gasteiger partial charge in [-0.1, -0.05) is 18.2 Å². The van der Waals surface area contributed by atoms with E-state index in [2.05, 4.69) is 16.3 Å². The summed E-state index contributed by atoms with van der Waals surface area (Å²) in [6, 6.07) is 10.1. The molecule has 0 bridgehead atoms. The molecule has 160 valence electrons. The minimum absolute atomic E-state index is 0.0686. The second-order valence-electron chi connectivity index (χ2n) is 8.78. The van der Waals surface area contributed by atoms with Crippen LogP contribution in [0.5, 0.6) is 0 Å². The van der Waals surface area contributed by atoms with E-state index in [4.69, 9.17) is 10.00 Å². The van der Waals surface area contributed by atoms with Gasteiger partial charge in [-0.2, -0.15) is 5.26 Å². The molecule has 0 spiro atoms. The molecule has 2 aromatic rings. The molecule has 1 saturated heterocycles. The third-order valence-electron chi connectivity index (χ3n) is 5.23. The van der Waals surface area contributed by atoms with Crippen molar-refractivity contribution in [3.8, 4) is 6.07 Å². The quantitative estimate of drug-likeness (QED) is 0.733. The number of para-hydroxylation sites is 1. The van der Waals surface area contributed by atoms with E-state index in [1.807, 2.05) is 55.8 Å². The van der Waals surface area contributed by atoms with Gasteiger partial charge < -0.3 is 14.6 Å². The van der Waals surface area contributed by atoms with Crippen LogP contribution in [0, 0.1) is 11.3 Å². The smallest absolute Gasteiger partial charge is 0.407 e. The lowest BCUT2D eigenvalue weighted by molar-refractivity contribution is 0.0476. The van der Waals surface area contributed by atoms with Gasteiger partial charge >= 0.3 is 6.09 Å². The molecule has 1 aromatic heterocycles. The number of ketones is 1. The number of rotatable bonds is 6. The van der Waals surface area contributed by atoms with Crippen molar-refractivity contribution in [3.05, 3.63) is 36.0 Å². The van der Waals surface area contributed by atoms with Crippen LogP contribution in [0.1, 0.15) is 50.4 Å². The number of carbonyl (C=O) groups excluding carboxylic acids is 2. The van der Waals surface area contributed by atoms with Crippen LogP contribution < -0.4 is 5.32 Å². The molecule has 1 aromatic carbocycles. The summed E-state index contributed by atoms with van der Waals surface area (Å²) in [6.07, 6.45) is 3.47. The van der Waals surface area contributed by atoms with Crippen LogP contribution in [0.2, 0.25) is 0 Å². The number of likely N-dealkylation sites (tertiary alicyclic amines) is 1. The third kappa shape index (κ3) is 5.61. The second-order valence-corrected chi connectivity index (χ2v) is 8.78. The number of piperidine rings is 1. The van der Waals surface area contributed by atoms with Crippen molar-refractivity contribution in [3.63, 3.8) is 0 Å². The first-order valence-corrected chi connectivity index (χ1v) is 10.5. The molecule has 7 nitrogen and oxygen atoms in total. The zero-order chi connectivity index (χ0) is 21.7. The van der Waals surface area contributed by atoms with Gasteiger partial charge in [-0.15, -0.1) is 0 Å². The highest BCUT2D eigenvalue weighted by Gasteiger charge is 2.25. The molecule has 2 heterocycles. The molecule has 0 atom stereocenters. The van der Waals surface area contributed by atoms with Crippen LogP contribution in [0.25, 0.3) is 10.9 Å². The monoisotopic (exact) mass is 410 g/mol. The fourth-order valence-corrected chi connectivity index (χ4v) is 3.82. The largest absolute Gasteiger partial charge is 0.444 e. The van der Waals surface area contributed by atoms with Gasteiger partial charge in [0.05, 0.1) is 19.0 Å². The van der Waals surface area contributed by atoms with Crippen LogP contribution in [-0.2, 0) is 11.3 Å². The highest BCUT2D eigenvalue weighted by molar-refractivity contribution is 6.09. The summed E-state index contributed by atoms with van der Waals surface area (Å²) in [5, 5.41) is 12.8. The number of Topliss-reactive ketones (excluding diaryl/α,β-unsaturated/α-hetero) is 1. The molecule has 30 heavy (non-hydrogen) atoms. The van der Waals surface area contributed by atoms with Gasteiger partial charge in [0.1, 0.15) is 5.60 Å². The van der Waals surface area contributed by atoms with Gasteiger partial charge in [0.25, 0.3) is 0 Å². The number of hydrogen-bond acceptors (Lipinski definition) is 5. The zero-order valence-electron chi connectivity index (χ0n) is 18.0. The molecule has 0 radical (unpaired) electrons. The summed E-state index contributed by atoms with van der Waals surface area (Å²) in [5.74, 6) is 0.0838. The van der Waals surface area contributed by atoms with Crippen LogP contribution in [-0.4, -0.2) is 52.6 Å². The first-order valence-electron chi connectivity index (χ1n) is 10.5. The van der Waals surface area contributed by atoms with E-state index in [9.17, 15) is 9.59 Å². The van der Waals surface area contributed by atoms with Gasteiger partial charge in [-0.25, -0.2) is 4.79 Å². The number of fused-ring (bicyclic) bond motifs is 1. The lowest BCUT2D eigenvalue weighted by Gasteiger charge is -2.32. The number of benzene rings is 1. The number of nitriles is 1. The average Bonchev–Trinajstić information content (AvgIpc) is 3.05. The van der Waals surface area contributed by atoms with Crippen molar-refractivity contribution in [1.82, 2.24) is 14.8 Å². The lowest BCUT2D eigenvalue weighted by atomic mass is 10.0. The Bertz CT molecular complexity index is 943. The van der Waals surface area contributed by atoms with Gasteiger partial charge in [0.2, 0.25) is 0 Å². The number of nitrogens with zero attached hydrogens (tertiary/aromatic N) is 3. The normalized spacial score (nSPS) is 15.7. The van der Waals surface area contributed by atoms with Gasteiger partial charge in [0, 0.05) is 48.3 Å². The summed E-state index contributed by atoms with van der Waals surface area (Å²) >= 11 is 0. The number of amides is 1. The Morgan fingerprint density at radius 1 is 1.23 bits per heavy atom. The van der Waals surface area contributed by atoms with Crippen molar-refractivity contribution in [1.29, 1.82) is 5.26 Å². The number of aromatic nitrogens is 1. The van der Waals surface area contributed by atoms with E-state index in [0.717, 1.165) is 36.8 Å². The maximum Gasteiger partial charge on any atom is 0.407 e. The number of nitrogens with one attached hydrogen (secondary N) is 1. The van der Waals surface area contributed by atoms with E-state index in [1.165, 1.54) is 0 Å². The highest BCUT2D eigenvalue weighted by Crippen LogP contribution is 2.23. The molecular weight excluding hydrogens is 380 g/mol. The summed E-state index contributed by atoms with van der Waals surface area (Å²) in [6.45, 7) is 7.96. The van der Waals surface area contributed by atoms with Crippen LogP contribution >= 0.6 is 0 Å². The first-order chi connectivity index (χ1) is 14.3. The van der Waals surface area contributed by atoms with E-state index in [0.29, 0.717) is 25.1 Å². The SMILES string of the molecule is CC(C)(C)OC(=O)NC1CCN(CC(=O)c2cn(CCC#N)c3ccccc23)CC1. The summed E-state index contributed by atoms with van der Waals surface area (Å²) in [4.78, 5) is 27.1. The Morgan fingerprint density at radius 3 is 2.60 bits per heavy atom. The van der Waals surface area contributed by atoms with Crippen molar-refractivity contribution >= 4 is 22.8 Å². The number of hydrogen-bond donors (Lipinski definition) is 1. The maximum atomic E-state index is 13.0. The van der Waals surface area contributed by atoms with Gasteiger partial charge in [0.15, 0.2) is 5.78 Å². The van der Waals surface area contributed by atoms with Gasteiger partial charge in [-0.05, 0) is 39.7 Å². The Hall–Kier alpha value is -2.85. The molecule has 1 aliphatic heterocycles. The predicted molar refractivity (Wildman–Crippen MR) is 115 cm³/mol. The molecular formula is C23H30N4O3. The Kier molecular flexibility index (Phi) is 6.78. The Balaban J connectivity index is 1.58. The van der Waals surface area contributed by atoms with E-state index >= 15 is 0 Å². The standard InChI is InChI=1S/C23H30N4O3/c1-23(2,3)30-22(29)25-17-9-13-26(14-10-17)16-21(28)19-15-27(12-6-11-24)20-8-5-4-7-18(19)20/h4-5,7-8,15,17H,6,9-10,12-14,16H2,1-3H3,(H,25,29). The second kappa shape index (κ2) is 9.31. The lowest BCUT2D eigenvalue weighted by Crippen LogP contribution is -2.47. The highest BCUT2D eigenvalue weighted by atomic mass is 16.6. The molecule has 3 rings (SSSR count). The molecule has 1 N–H and O–H groups in total. The molecule has 0 unspecified atom stereocenters. The number of carbonyl (C=O) groups is 2. The fourth-order valence-electron chi connectivity index (χ4n) is 3.82. The van der Waals surface area contributed by atoms with E-state index in [-0.39, 0.29) is 17.9 Å². The van der Waals surface area contributed by atoms with Crippen molar-refractivity contribution in [2.45, 2.75) is 58.2 Å². The first kappa shape index (κ1) is 21.8. The van der Waals surface area contributed by atoms with Crippen LogP contribution in [0.4, 0.5) is 4.79 Å². The predicted octanol–water partition coefficient (Wildman–Crippen LogP) is 3.73. The molecule has 1 amide bonds. The number of ether oxygens (including phenoxy) is 1. The summed E-state index contributed by atoms with van der Waals surface area (Å²) < 4.78 is 7.31. The summed E-state index contributed by atoms with van der Waals surface area (Å²) in [5.41, 5.74) is 1.18. The Labute approximate surface area is 177 Å². The van der Waals surface area contributed by atoms with E-state index in [1.54, 1.807) is 0 Å². The zero-order valence-corrected chi connectivity index (χ0v) is 18.0. The topological polar surface area (TPSA) is 87.4 Å². The molecule has 1 aliphatic rings. The third-order valence-corrected chi connectivity index (χ3v) is 5.23. The number of alkyl carbamates (subject to hydrolysis) is 1. The molecule has 1 fully saturated rings. The minimum atomic E-state index is -0.510. The van der Waals surface area contributed by atoms with Crippen molar-refractivity contribution in [2.75, 3.05) is 19.6 Å². The van der Waals surface area contributed by atoms with Gasteiger partial charge in [-0.3, -0.25) is 9.69 Å². The Morgan fingerprint density at radius 2 is 1.93 bits per heavy atom. The van der Waals surface area contributed by atoms with E-state index < -0.39 is 5.60 Å². The summed E-state index contributed by atoms with van der Waals surface area (Å²) in [7, 11) is 0. The number of aryl methyl sites for hydroxylation is 1. The average molecular weight is 411 g/mol. The molecule has 0 saturated carbocycles. The fraction of sp³-hybridized carbons (Fsp3) is 0.522. The van der Waals surface area contributed by atoms with Crippen LogP contribution in [0.15, 0.2) is 30.5 Å². The van der Waals surface area contributed by atoms with Crippen molar-refractivity contribution in [2.24, 2.45) is 0 Å².